The van der Waals surface area contributed by atoms with Crippen LogP contribution in [-0.2, 0) is 19.9 Å². The molecule has 0 saturated carbocycles. The first-order chi connectivity index (χ1) is 8.59. The maximum Gasteiger partial charge on any atom is 0.298 e. The van der Waals surface area contributed by atoms with Crippen molar-refractivity contribution in [2.24, 2.45) is 0 Å². The molecule has 0 aliphatic rings. The van der Waals surface area contributed by atoms with Gasteiger partial charge in [-0.25, -0.2) is 4.21 Å². The van der Waals surface area contributed by atoms with E-state index in [2.05, 4.69) is 5.87 Å². The minimum absolute atomic E-state index is 0.0203. The molecule has 0 fully saturated rings. The quantitative estimate of drug-likeness (QED) is 0.570. The van der Waals surface area contributed by atoms with Gasteiger partial charge in [0.25, 0.3) is 10.1 Å². The van der Waals surface area contributed by atoms with Gasteiger partial charge in [0.2, 0.25) is 0 Å². The summed E-state index contributed by atoms with van der Waals surface area (Å²) in [5, 5.41) is 10.3. The molecule has 3 N–H and O–H groups in total. The first-order valence-corrected chi connectivity index (χ1v) is 8.05. The van der Waals surface area contributed by atoms with Gasteiger partial charge in [-0.1, -0.05) is 6.07 Å². The number of aromatic hydroxyl groups is 1. The van der Waals surface area contributed by atoms with E-state index >= 15 is 0 Å². The summed E-state index contributed by atoms with van der Waals surface area (Å²) in [4.78, 5) is -0.641. The van der Waals surface area contributed by atoms with Crippen LogP contribution in [0.4, 0.5) is 0 Å². The Bertz CT molecular complexity index is 865. The lowest BCUT2D eigenvalue weighted by molar-refractivity contribution is 0.444. The van der Waals surface area contributed by atoms with Gasteiger partial charge in [-0.3, -0.25) is 4.55 Å². The topological polar surface area (TPSA) is 112 Å². The molecule has 1 atom stereocenters. The van der Waals surface area contributed by atoms with Crippen molar-refractivity contribution >= 4 is 36.6 Å². The van der Waals surface area contributed by atoms with Crippen molar-refractivity contribution in [1.29, 1.82) is 0 Å². The van der Waals surface area contributed by atoms with Gasteiger partial charge >= 0.3 is 0 Å². The molecule has 19 heavy (non-hydrogen) atoms. The molecule has 0 amide bonds. The van der Waals surface area contributed by atoms with Crippen LogP contribution in [0.3, 0.4) is 0 Å². The molecule has 0 heterocycles. The van der Waals surface area contributed by atoms with Gasteiger partial charge in [-0.15, -0.1) is 0 Å². The Hall–Kier alpha value is -1.61. The van der Waals surface area contributed by atoms with E-state index in [0.29, 0.717) is 5.39 Å². The van der Waals surface area contributed by atoms with Crippen LogP contribution in [0.1, 0.15) is 0 Å². The standard InChI is InChI=1S/C11H10O6S2/c1-18(13,14)9-3-2-7-5-10(12)11(19(15,16)17)6-8(7)4-9/h2-6,12H,1H2,(H,13,14)(H,15,16,17). The highest BCUT2D eigenvalue weighted by Crippen LogP contribution is 2.29. The normalized spacial score (nSPS) is 15.3. The lowest BCUT2D eigenvalue weighted by atomic mass is 10.1. The van der Waals surface area contributed by atoms with Crippen molar-refractivity contribution in [3.63, 3.8) is 0 Å². The SMILES string of the molecule is C=S(=O)(O)c1ccc2cc(O)c(S(=O)(=O)O)cc2c1. The number of phenolic OH excluding ortho intramolecular Hbond substituents is 1. The van der Waals surface area contributed by atoms with Crippen LogP contribution in [-0.4, -0.2) is 32.7 Å². The van der Waals surface area contributed by atoms with Crippen molar-refractivity contribution in [3.05, 3.63) is 30.3 Å². The molecule has 102 valence electrons. The Kier molecular flexibility index (Phi) is 3.06. The van der Waals surface area contributed by atoms with E-state index < -0.39 is 30.6 Å². The van der Waals surface area contributed by atoms with Crippen molar-refractivity contribution in [2.75, 3.05) is 0 Å². The molecule has 6 nitrogen and oxygen atoms in total. The molecule has 2 rings (SSSR count). The zero-order valence-corrected chi connectivity index (χ0v) is 11.1. The monoisotopic (exact) mass is 302 g/mol. The van der Waals surface area contributed by atoms with Crippen LogP contribution in [0.15, 0.2) is 40.1 Å². The van der Waals surface area contributed by atoms with Crippen LogP contribution in [0, 0.1) is 0 Å². The molecule has 0 aliphatic heterocycles. The lowest BCUT2D eigenvalue weighted by Gasteiger charge is -2.07. The van der Waals surface area contributed by atoms with Gasteiger partial charge in [-0.05, 0) is 40.9 Å². The van der Waals surface area contributed by atoms with E-state index in [1.807, 2.05) is 0 Å². The van der Waals surface area contributed by atoms with E-state index in [-0.39, 0.29) is 10.3 Å². The van der Waals surface area contributed by atoms with Crippen LogP contribution < -0.4 is 0 Å². The molecular formula is C11H10O6S2. The summed E-state index contributed by atoms with van der Waals surface area (Å²) in [6.07, 6.45) is 0. The van der Waals surface area contributed by atoms with Crippen LogP contribution >= 0.6 is 0 Å². The predicted molar refractivity (Wildman–Crippen MR) is 71.6 cm³/mol. The summed E-state index contributed by atoms with van der Waals surface area (Å²) in [5.74, 6) is 2.51. The third kappa shape index (κ3) is 2.71. The lowest BCUT2D eigenvalue weighted by Crippen LogP contribution is -2.00. The van der Waals surface area contributed by atoms with Gasteiger partial charge in [-0.2, -0.15) is 8.42 Å². The fourth-order valence-corrected chi connectivity index (χ4v) is 2.84. The second-order valence-corrected chi connectivity index (χ2v) is 7.09. The van der Waals surface area contributed by atoms with Crippen molar-refractivity contribution in [1.82, 2.24) is 0 Å². The minimum Gasteiger partial charge on any atom is -0.506 e. The maximum absolute atomic E-state index is 11.4. The molecule has 0 radical (unpaired) electrons. The molecule has 0 spiro atoms. The molecule has 0 aliphatic carbocycles. The second-order valence-electron chi connectivity index (χ2n) is 3.94. The molecule has 0 bridgehead atoms. The number of rotatable bonds is 2. The molecule has 8 heteroatoms. The third-order valence-electron chi connectivity index (χ3n) is 2.54. The van der Waals surface area contributed by atoms with Crippen molar-refractivity contribution < 1.29 is 26.8 Å². The Morgan fingerprint density at radius 1 is 0.947 bits per heavy atom. The highest BCUT2D eigenvalue weighted by atomic mass is 32.2. The van der Waals surface area contributed by atoms with Crippen LogP contribution in [0.25, 0.3) is 10.8 Å². The number of hydrogen-bond donors (Lipinski definition) is 3. The summed E-state index contributed by atoms with van der Waals surface area (Å²) in [5.41, 5.74) is 0. The van der Waals surface area contributed by atoms with Gasteiger partial charge in [0, 0.05) is 0 Å². The predicted octanol–water partition coefficient (Wildman–Crippen LogP) is 1.34. The summed E-state index contributed by atoms with van der Waals surface area (Å²) >= 11 is 0. The fraction of sp³-hybridized carbons (Fsp3) is 0. The Morgan fingerprint density at radius 2 is 1.58 bits per heavy atom. The summed E-state index contributed by atoms with van der Waals surface area (Å²) < 4.78 is 51.8. The number of phenols is 1. The molecule has 2 aromatic carbocycles. The molecule has 0 saturated heterocycles. The Balaban J connectivity index is 2.83. The number of fused-ring (bicyclic) bond motifs is 1. The molecule has 2 aromatic rings. The molecular weight excluding hydrogens is 292 g/mol. The van der Waals surface area contributed by atoms with E-state index in [4.69, 9.17) is 4.55 Å². The average Bonchev–Trinajstić information content (AvgIpc) is 2.24. The smallest absolute Gasteiger partial charge is 0.298 e. The number of benzene rings is 2. The summed E-state index contributed by atoms with van der Waals surface area (Å²) in [6.45, 7) is 0. The average molecular weight is 302 g/mol. The summed E-state index contributed by atoms with van der Waals surface area (Å²) in [6, 6.07) is 6.24. The van der Waals surface area contributed by atoms with E-state index in [1.54, 1.807) is 0 Å². The third-order valence-corrected chi connectivity index (χ3v) is 4.41. The van der Waals surface area contributed by atoms with Crippen molar-refractivity contribution in [2.45, 2.75) is 9.79 Å². The van der Waals surface area contributed by atoms with Crippen molar-refractivity contribution in [3.8, 4) is 5.75 Å². The maximum atomic E-state index is 11.4. The van der Waals surface area contributed by atoms with Gasteiger partial charge < -0.3 is 9.66 Å². The van der Waals surface area contributed by atoms with Crippen LogP contribution in [0.5, 0.6) is 5.75 Å². The zero-order valence-electron chi connectivity index (χ0n) is 9.48. The Morgan fingerprint density at radius 3 is 2.11 bits per heavy atom. The Labute approximate surface area is 109 Å². The fourth-order valence-electron chi connectivity index (χ4n) is 1.65. The van der Waals surface area contributed by atoms with E-state index in [0.717, 1.165) is 12.1 Å². The number of hydrogen-bond acceptors (Lipinski definition) is 4. The van der Waals surface area contributed by atoms with Gasteiger partial charge in [0.1, 0.15) is 20.4 Å². The first kappa shape index (κ1) is 13.8. The highest BCUT2D eigenvalue weighted by Gasteiger charge is 2.16. The molecule has 1 unspecified atom stereocenters. The van der Waals surface area contributed by atoms with Gasteiger partial charge in [0.05, 0.1) is 4.90 Å². The largest absolute Gasteiger partial charge is 0.506 e. The summed E-state index contributed by atoms with van der Waals surface area (Å²) in [7, 11) is -8.00. The first-order valence-electron chi connectivity index (χ1n) is 4.93. The second kappa shape index (κ2) is 4.20. The minimum atomic E-state index is -4.57. The van der Waals surface area contributed by atoms with Gasteiger partial charge in [0.15, 0.2) is 0 Å². The van der Waals surface area contributed by atoms with Crippen LogP contribution in [0.2, 0.25) is 0 Å². The molecule has 0 aromatic heterocycles. The zero-order chi connectivity index (χ0) is 14.4. The van der Waals surface area contributed by atoms with E-state index in [1.165, 1.54) is 18.2 Å². The highest BCUT2D eigenvalue weighted by molar-refractivity contribution is 7.95. The van der Waals surface area contributed by atoms with E-state index in [9.17, 15) is 22.3 Å².